The SMILES string of the molecule is COc1c(C)c(C)c2c(c1C)[C@]13CCCC[C@H]1CCCC3(c1ccccc1)N2. The molecule has 148 valence electrons. The van der Waals surface area contributed by atoms with E-state index < -0.39 is 0 Å². The molecule has 3 atom stereocenters. The molecule has 2 fully saturated rings. The first-order chi connectivity index (χ1) is 13.6. The van der Waals surface area contributed by atoms with Gasteiger partial charge >= 0.3 is 0 Å². The maximum absolute atomic E-state index is 5.95. The van der Waals surface area contributed by atoms with Crippen molar-refractivity contribution in [2.75, 3.05) is 12.4 Å². The Kier molecular flexibility index (Phi) is 4.05. The zero-order chi connectivity index (χ0) is 19.5. The average Bonchev–Trinajstić information content (AvgIpc) is 3.04. The van der Waals surface area contributed by atoms with Crippen LogP contribution in [-0.2, 0) is 11.0 Å². The smallest absolute Gasteiger partial charge is 0.125 e. The summed E-state index contributed by atoms with van der Waals surface area (Å²) >= 11 is 0. The molecule has 2 saturated carbocycles. The van der Waals surface area contributed by atoms with Crippen molar-refractivity contribution in [2.45, 2.75) is 76.7 Å². The highest BCUT2D eigenvalue weighted by Gasteiger charge is 2.64. The topological polar surface area (TPSA) is 21.3 Å². The number of methoxy groups -OCH3 is 1. The van der Waals surface area contributed by atoms with Gasteiger partial charge in [0, 0.05) is 11.1 Å². The summed E-state index contributed by atoms with van der Waals surface area (Å²) in [5, 5.41) is 4.20. The van der Waals surface area contributed by atoms with E-state index in [-0.39, 0.29) is 11.0 Å². The van der Waals surface area contributed by atoms with Crippen molar-refractivity contribution in [3.05, 3.63) is 58.1 Å². The monoisotopic (exact) mass is 375 g/mol. The summed E-state index contributed by atoms with van der Waals surface area (Å²) in [6.07, 6.45) is 9.28. The van der Waals surface area contributed by atoms with Crippen molar-refractivity contribution in [1.29, 1.82) is 0 Å². The van der Waals surface area contributed by atoms with Crippen LogP contribution in [0.1, 0.15) is 72.8 Å². The molecule has 0 saturated heterocycles. The van der Waals surface area contributed by atoms with E-state index in [9.17, 15) is 0 Å². The van der Waals surface area contributed by atoms with E-state index >= 15 is 0 Å². The van der Waals surface area contributed by atoms with Crippen LogP contribution in [0.2, 0.25) is 0 Å². The van der Waals surface area contributed by atoms with E-state index in [0.29, 0.717) is 0 Å². The van der Waals surface area contributed by atoms with Crippen molar-refractivity contribution >= 4 is 5.69 Å². The first kappa shape index (κ1) is 18.1. The molecule has 0 amide bonds. The zero-order valence-electron chi connectivity index (χ0n) is 17.8. The number of rotatable bonds is 2. The number of fused-ring (bicyclic) bond motifs is 1. The summed E-state index contributed by atoms with van der Waals surface area (Å²) in [7, 11) is 1.84. The van der Waals surface area contributed by atoms with E-state index in [4.69, 9.17) is 4.74 Å². The van der Waals surface area contributed by atoms with Crippen LogP contribution >= 0.6 is 0 Å². The largest absolute Gasteiger partial charge is 0.496 e. The van der Waals surface area contributed by atoms with Crippen LogP contribution < -0.4 is 10.1 Å². The molecule has 1 aliphatic heterocycles. The second kappa shape index (κ2) is 6.27. The second-order valence-corrected chi connectivity index (χ2v) is 9.36. The molecule has 0 aromatic heterocycles. The minimum Gasteiger partial charge on any atom is -0.496 e. The van der Waals surface area contributed by atoms with Gasteiger partial charge < -0.3 is 10.1 Å². The molecule has 0 radical (unpaired) electrons. The third-order valence-corrected chi connectivity index (χ3v) is 8.44. The van der Waals surface area contributed by atoms with Gasteiger partial charge in [-0.2, -0.15) is 0 Å². The van der Waals surface area contributed by atoms with Crippen LogP contribution in [0.4, 0.5) is 5.69 Å². The molecule has 1 unspecified atom stereocenters. The van der Waals surface area contributed by atoms with E-state index in [0.717, 1.165) is 11.7 Å². The third kappa shape index (κ3) is 2.04. The van der Waals surface area contributed by atoms with Crippen LogP contribution in [0.5, 0.6) is 5.75 Å². The van der Waals surface area contributed by atoms with E-state index in [1.54, 1.807) is 5.56 Å². The van der Waals surface area contributed by atoms with Gasteiger partial charge in [0.25, 0.3) is 0 Å². The molecule has 5 rings (SSSR count). The quantitative estimate of drug-likeness (QED) is 0.642. The van der Waals surface area contributed by atoms with E-state index in [1.165, 1.54) is 72.9 Å². The van der Waals surface area contributed by atoms with Gasteiger partial charge in [0.2, 0.25) is 0 Å². The molecule has 2 heteroatoms. The van der Waals surface area contributed by atoms with Gasteiger partial charge in [-0.1, -0.05) is 49.6 Å². The van der Waals surface area contributed by atoms with Gasteiger partial charge in [-0.05, 0) is 80.2 Å². The van der Waals surface area contributed by atoms with Gasteiger partial charge in [0.05, 0.1) is 12.6 Å². The lowest BCUT2D eigenvalue weighted by Gasteiger charge is -2.57. The highest BCUT2D eigenvalue weighted by atomic mass is 16.5. The van der Waals surface area contributed by atoms with Crippen LogP contribution in [-0.4, -0.2) is 7.11 Å². The van der Waals surface area contributed by atoms with Gasteiger partial charge in [-0.15, -0.1) is 0 Å². The van der Waals surface area contributed by atoms with Crippen LogP contribution in [0.3, 0.4) is 0 Å². The summed E-state index contributed by atoms with van der Waals surface area (Å²) < 4.78 is 5.95. The molecular weight excluding hydrogens is 342 g/mol. The molecule has 2 aromatic carbocycles. The first-order valence-electron chi connectivity index (χ1n) is 11.1. The average molecular weight is 376 g/mol. The maximum atomic E-state index is 5.95. The van der Waals surface area contributed by atoms with Gasteiger partial charge in [0.1, 0.15) is 5.75 Å². The predicted molar refractivity (Wildman–Crippen MR) is 116 cm³/mol. The second-order valence-electron chi connectivity index (χ2n) is 9.36. The summed E-state index contributed by atoms with van der Waals surface area (Å²) in [5.41, 5.74) is 8.73. The number of hydrogen-bond acceptors (Lipinski definition) is 2. The molecule has 0 bridgehead atoms. The highest BCUT2D eigenvalue weighted by molar-refractivity contribution is 5.77. The zero-order valence-corrected chi connectivity index (χ0v) is 17.8. The van der Waals surface area contributed by atoms with Crippen LogP contribution in [0, 0.1) is 26.7 Å². The summed E-state index contributed by atoms with van der Waals surface area (Å²) in [6.45, 7) is 6.81. The van der Waals surface area contributed by atoms with E-state index in [2.05, 4.69) is 56.4 Å². The van der Waals surface area contributed by atoms with Crippen molar-refractivity contribution in [3.8, 4) is 5.75 Å². The molecule has 1 N–H and O–H groups in total. The summed E-state index contributed by atoms with van der Waals surface area (Å²) in [6, 6.07) is 11.3. The number of benzene rings is 2. The van der Waals surface area contributed by atoms with Crippen LogP contribution in [0.25, 0.3) is 0 Å². The van der Waals surface area contributed by atoms with Crippen molar-refractivity contribution in [2.24, 2.45) is 5.92 Å². The molecule has 1 spiro atoms. The fraction of sp³-hybridized carbons (Fsp3) is 0.538. The third-order valence-electron chi connectivity index (χ3n) is 8.44. The van der Waals surface area contributed by atoms with Crippen molar-refractivity contribution in [1.82, 2.24) is 0 Å². The molecule has 3 aliphatic rings. The fourth-order valence-corrected chi connectivity index (χ4v) is 7.31. The number of nitrogens with one attached hydrogen (secondary N) is 1. The Morgan fingerprint density at radius 3 is 2.39 bits per heavy atom. The lowest BCUT2D eigenvalue weighted by molar-refractivity contribution is 0.0559. The van der Waals surface area contributed by atoms with Crippen LogP contribution in [0.15, 0.2) is 30.3 Å². The normalized spacial score (nSPS) is 30.8. The number of hydrogen-bond donors (Lipinski definition) is 1. The Bertz CT molecular complexity index is 916. The summed E-state index contributed by atoms with van der Waals surface area (Å²) in [4.78, 5) is 0. The Hall–Kier alpha value is -1.96. The fourth-order valence-electron chi connectivity index (χ4n) is 7.31. The Morgan fingerprint density at radius 1 is 0.893 bits per heavy atom. The Morgan fingerprint density at radius 2 is 1.64 bits per heavy atom. The molecule has 2 nitrogen and oxygen atoms in total. The molecule has 2 aliphatic carbocycles. The minimum atomic E-state index is 0.0221. The predicted octanol–water partition coefficient (Wildman–Crippen LogP) is 6.55. The maximum Gasteiger partial charge on any atom is 0.125 e. The molecule has 1 heterocycles. The lowest BCUT2D eigenvalue weighted by atomic mass is 9.48. The van der Waals surface area contributed by atoms with Gasteiger partial charge in [-0.25, -0.2) is 0 Å². The minimum absolute atomic E-state index is 0.0221. The number of anilines is 1. The molecule has 2 aromatic rings. The molecular formula is C26H33NO. The number of ether oxygens (including phenoxy) is 1. The van der Waals surface area contributed by atoms with Crippen molar-refractivity contribution < 1.29 is 4.74 Å². The first-order valence-corrected chi connectivity index (χ1v) is 11.1. The molecule has 28 heavy (non-hydrogen) atoms. The Balaban J connectivity index is 1.87. The van der Waals surface area contributed by atoms with E-state index in [1.807, 2.05) is 7.11 Å². The van der Waals surface area contributed by atoms with Gasteiger partial charge in [-0.3, -0.25) is 0 Å². The van der Waals surface area contributed by atoms with Crippen molar-refractivity contribution in [3.63, 3.8) is 0 Å². The highest BCUT2D eigenvalue weighted by Crippen LogP contribution is 2.68. The standard InChI is InChI=1S/C26H33NO/c1-17-18(2)24(28-4)19(3)22-23(17)27-26(21-12-6-5-7-13-21)16-10-14-20-11-8-9-15-25(20,22)26/h5-7,12-13,20,27H,8-11,14-16H2,1-4H3/t20-,25-,26?/m0/s1. The Labute approximate surface area is 169 Å². The lowest BCUT2D eigenvalue weighted by Crippen LogP contribution is -2.57. The summed E-state index contributed by atoms with van der Waals surface area (Å²) in [5.74, 6) is 1.86. The van der Waals surface area contributed by atoms with Gasteiger partial charge in [0.15, 0.2) is 0 Å².